The van der Waals surface area contributed by atoms with E-state index in [1.165, 1.54) is 16.3 Å². The third-order valence-electron chi connectivity index (χ3n) is 4.62. The number of imidazole rings is 1. The minimum atomic E-state index is -1.35. The number of nitrogens with two attached hydrogens (primary N) is 1. The number of rotatable bonds is 5. The molecule has 1 saturated heterocycles. The molecule has 12 heteroatoms. The number of H-pyrrole nitrogens is 1. The van der Waals surface area contributed by atoms with Gasteiger partial charge in [-0.25, -0.2) is 4.98 Å². The summed E-state index contributed by atoms with van der Waals surface area (Å²) in [6.07, 6.45) is -4.73. The maximum Gasteiger partial charge on any atom is 0.280 e. The molecule has 1 fully saturated rings. The first-order valence-electron chi connectivity index (χ1n) is 8.67. The molecule has 0 spiro atoms. The smallest absolute Gasteiger partial charge is 0.280 e. The number of aromatic amines is 1. The van der Waals surface area contributed by atoms with Crippen LogP contribution in [0.3, 0.4) is 0 Å². The van der Waals surface area contributed by atoms with Gasteiger partial charge in [-0.15, -0.1) is 0 Å². The largest absolute Gasteiger partial charge is 0.394 e. The molecule has 4 atom stereocenters. The number of ether oxygens (including phenoxy) is 1. The van der Waals surface area contributed by atoms with Gasteiger partial charge in [0.2, 0.25) is 5.95 Å². The maximum atomic E-state index is 12.3. The lowest BCUT2D eigenvalue weighted by atomic mass is 10.1. The standard InChI is InChI=1S/C17H18BrN5O5S/c18-8-4-2-1-3-7(8)6-29-17-20-10-13(21-16(19)22-14(10)27)23(17)15-12(26)11(25)9(5-24)28-15/h1-4,9,11-12,15,24-26H,5-6H2,(H3,19,21,22,27)/t9-,11+,12-,15-/m0/s1. The fourth-order valence-electron chi connectivity index (χ4n) is 3.16. The summed E-state index contributed by atoms with van der Waals surface area (Å²) in [5.41, 5.74) is 6.31. The summed E-state index contributed by atoms with van der Waals surface area (Å²) in [6.45, 7) is -0.475. The molecule has 3 heterocycles. The molecule has 10 nitrogen and oxygen atoms in total. The second-order valence-corrected chi connectivity index (χ2v) is 8.29. The Labute approximate surface area is 176 Å². The summed E-state index contributed by atoms with van der Waals surface area (Å²) < 4.78 is 8.00. The summed E-state index contributed by atoms with van der Waals surface area (Å²) >= 11 is 4.80. The van der Waals surface area contributed by atoms with Crippen molar-refractivity contribution < 1.29 is 20.1 Å². The van der Waals surface area contributed by atoms with E-state index in [2.05, 4.69) is 30.9 Å². The summed E-state index contributed by atoms with van der Waals surface area (Å²) in [7, 11) is 0. The van der Waals surface area contributed by atoms with E-state index in [-0.39, 0.29) is 17.1 Å². The fraction of sp³-hybridized carbons (Fsp3) is 0.353. The van der Waals surface area contributed by atoms with Crippen LogP contribution in [0.2, 0.25) is 0 Å². The minimum absolute atomic E-state index is 0.0339. The van der Waals surface area contributed by atoms with Crippen LogP contribution in [0.15, 0.2) is 38.7 Å². The van der Waals surface area contributed by atoms with Crippen molar-refractivity contribution in [2.45, 2.75) is 35.4 Å². The van der Waals surface area contributed by atoms with Crippen LogP contribution < -0.4 is 11.3 Å². The van der Waals surface area contributed by atoms with Gasteiger partial charge in [0.1, 0.15) is 18.3 Å². The van der Waals surface area contributed by atoms with Gasteiger partial charge in [0.15, 0.2) is 22.5 Å². The topological polar surface area (TPSA) is 160 Å². The predicted octanol–water partition coefficient (Wildman–Crippen LogP) is 0.368. The highest BCUT2D eigenvalue weighted by Crippen LogP contribution is 2.36. The number of nitrogens with zero attached hydrogens (tertiary/aromatic N) is 3. The zero-order chi connectivity index (χ0) is 20.7. The monoisotopic (exact) mass is 483 g/mol. The first-order valence-corrected chi connectivity index (χ1v) is 10.4. The van der Waals surface area contributed by atoms with E-state index in [1.807, 2.05) is 24.3 Å². The molecule has 1 aromatic carbocycles. The van der Waals surface area contributed by atoms with Crippen LogP contribution in [0.5, 0.6) is 0 Å². The van der Waals surface area contributed by atoms with Gasteiger partial charge in [-0.1, -0.05) is 45.9 Å². The summed E-state index contributed by atoms with van der Waals surface area (Å²) in [5, 5.41) is 30.4. The van der Waals surface area contributed by atoms with Gasteiger partial charge in [-0.2, -0.15) is 4.98 Å². The minimum Gasteiger partial charge on any atom is -0.394 e. The second-order valence-electron chi connectivity index (χ2n) is 6.50. The number of hydrogen-bond donors (Lipinski definition) is 5. The highest BCUT2D eigenvalue weighted by Gasteiger charge is 2.45. The van der Waals surface area contributed by atoms with Crippen molar-refractivity contribution in [2.75, 3.05) is 12.3 Å². The molecule has 154 valence electrons. The molecular formula is C17H18BrN5O5S. The Morgan fingerprint density at radius 3 is 2.72 bits per heavy atom. The Hall–Kier alpha value is -1.96. The Bertz CT molecular complexity index is 1110. The van der Waals surface area contributed by atoms with E-state index in [0.717, 1.165) is 10.0 Å². The second kappa shape index (κ2) is 8.05. The van der Waals surface area contributed by atoms with Crippen molar-refractivity contribution in [1.29, 1.82) is 0 Å². The molecule has 2 aromatic heterocycles. The highest BCUT2D eigenvalue weighted by molar-refractivity contribution is 9.10. The average Bonchev–Trinajstić information content (AvgIpc) is 3.19. The number of aromatic nitrogens is 4. The lowest BCUT2D eigenvalue weighted by Crippen LogP contribution is -2.33. The van der Waals surface area contributed by atoms with Gasteiger partial charge in [0.25, 0.3) is 5.56 Å². The number of anilines is 1. The molecule has 3 aromatic rings. The van der Waals surface area contributed by atoms with Crippen LogP contribution in [0.1, 0.15) is 11.8 Å². The maximum absolute atomic E-state index is 12.3. The Balaban J connectivity index is 1.79. The molecule has 29 heavy (non-hydrogen) atoms. The quantitative estimate of drug-likeness (QED) is 0.323. The number of nitrogen functional groups attached to an aromatic ring is 1. The van der Waals surface area contributed by atoms with Crippen molar-refractivity contribution in [1.82, 2.24) is 19.5 Å². The van der Waals surface area contributed by atoms with Gasteiger partial charge >= 0.3 is 0 Å². The number of thioether (sulfide) groups is 1. The van der Waals surface area contributed by atoms with Crippen molar-refractivity contribution >= 4 is 44.8 Å². The van der Waals surface area contributed by atoms with Crippen LogP contribution in [0.25, 0.3) is 11.2 Å². The number of aliphatic hydroxyl groups excluding tert-OH is 3. The molecule has 1 aliphatic rings. The lowest BCUT2D eigenvalue weighted by molar-refractivity contribution is -0.0548. The van der Waals surface area contributed by atoms with E-state index in [1.54, 1.807) is 0 Å². The molecule has 0 amide bonds. The van der Waals surface area contributed by atoms with E-state index in [0.29, 0.717) is 10.9 Å². The van der Waals surface area contributed by atoms with Crippen molar-refractivity contribution in [3.8, 4) is 0 Å². The van der Waals surface area contributed by atoms with Gasteiger partial charge < -0.3 is 25.8 Å². The first kappa shape index (κ1) is 20.3. The van der Waals surface area contributed by atoms with Crippen LogP contribution in [0, 0.1) is 0 Å². The zero-order valence-corrected chi connectivity index (χ0v) is 17.3. The van der Waals surface area contributed by atoms with Gasteiger partial charge in [-0.05, 0) is 11.6 Å². The number of aliphatic hydroxyl groups is 3. The molecule has 0 unspecified atom stereocenters. The van der Waals surface area contributed by atoms with Crippen LogP contribution >= 0.6 is 27.7 Å². The van der Waals surface area contributed by atoms with Crippen LogP contribution in [-0.2, 0) is 10.5 Å². The number of hydrogen-bond acceptors (Lipinski definition) is 9. The number of benzene rings is 1. The summed E-state index contributed by atoms with van der Waals surface area (Å²) in [6, 6.07) is 7.67. The van der Waals surface area contributed by atoms with Gasteiger partial charge in [0, 0.05) is 10.2 Å². The van der Waals surface area contributed by atoms with Crippen molar-refractivity contribution in [3.63, 3.8) is 0 Å². The molecule has 0 saturated carbocycles. The zero-order valence-electron chi connectivity index (χ0n) is 14.9. The lowest BCUT2D eigenvalue weighted by Gasteiger charge is -2.19. The molecular weight excluding hydrogens is 466 g/mol. The molecule has 0 aliphatic carbocycles. The Morgan fingerprint density at radius 1 is 1.28 bits per heavy atom. The van der Waals surface area contributed by atoms with Crippen molar-refractivity contribution in [3.05, 3.63) is 44.7 Å². The van der Waals surface area contributed by atoms with Gasteiger partial charge in [-0.3, -0.25) is 14.3 Å². The number of halogens is 1. The fourth-order valence-corrected chi connectivity index (χ4v) is 4.80. The average molecular weight is 484 g/mol. The summed E-state index contributed by atoms with van der Waals surface area (Å²) in [4.78, 5) is 23.2. The molecule has 0 radical (unpaired) electrons. The third-order valence-corrected chi connectivity index (χ3v) is 6.40. The SMILES string of the molecule is Nc1nc2c(nc(SCc3ccccc3Br)n2[C@H]2O[C@@H](CO)[C@@H](O)[C@@H]2O)c(=O)[nH]1. The van der Waals surface area contributed by atoms with Gasteiger partial charge in [0.05, 0.1) is 6.61 Å². The third kappa shape index (κ3) is 3.67. The van der Waals surface area contributed by atoms with E-state index in [9.17, 15) is 20.1 Å². The Kier molecular flexibility index (Phi) is 5.64. The van der Waals surface area contributed by atoms with Crippen LogP contribution in [0.4, 0.5) is 5.95 Å². The summed E-state index contributed by atoms with van der Waals surface area (Å²) in [5.74, 6) is 0.394. The van der Waals surface area contributed by atoms with E-state index < -0.39 is 36.7 Å². The normalized spacial score (nSPS) is 24.4. The highest BCUT2D eigenvalue weighted by atomic mass is 79.9. The van der Waals surface area contributed by atoms with E-state index >= 15 is 0 Å². The molecule has 4 rings (SSSR count). The number of fused-ring (bicyclic) bond motifs is 1. The first-order chi connectivity index (χ1) is 13.9. The molecule has 0 bridgehead atoms. The van der Waals surface area contributed by atoms with E-state index in [4.69, 9.17) is 10.5 Å². The predicted molar refractivity (Wildman–Crippen MR) is 109 cm³/mol. The van der Waals surface area contributed by atoms with Crippen LogP contribution in [-0.4, -0.2) is 59.8 Å². The number of nitrogens with one attached hydrogen (secondary N) is 1. The molecule has 6 N–H and O–H groups in total. The Morgan fingerprint density at radius 2 is 2.03 bits per heavy atom. The molecule has 1 aliphatic heterocycles. The van der Waals surface area contributed by atoms with Crippen molar-refractivity contribution in [2.24, 2.45) is 0 Å².